The molecule has 1 fully saturated rings. The van der Waals surface area contributed by atoms with Crippen molar-refractivity contribution in [2.75, 3.05) is 59.9 Å². The van der Waals surface area contributed by atoms with E-state index in [1.54, 1.807) is 29.2 Å². The molecule has 14 heteroatoms. The summed E-state index contributed by atoms with van der Waals surface area (Å²) in [4.78, 5) is 34.9. The molecule has 6 rings (SSSR count). The maximum Gasteiger partial charge on any atom is 0.410 e. The van der Waals surface area contributed by atoms with Crippen molar-refractivity contribution in [3.63, 3.8) is 0 Å². The Morgan fingerprint density at radius 2 is 1.55 bits per heavy atom. The van der Waals surface area contributed by atoms with Crippen LogP contribution in [0.25, 0.3) is 0 Å². The average Bonchev–Trinajstić information content (AvgIpc) is 3.41. The lowest BCUT2D eigenvalue weighted by Crippen LogP contribution is -2.70. The molecule has 3 N–H and O–H groups in total. The molecule has 0 spiro atoms. The molecule has 6 atom stereocenters. The molecule has 0 radical (unpaired) electrons. The van der Waals surface area contributed by atoms with Crippen molar-refractivity contribution < 1.29 is 58.2 Å². The molecule has 400 valence electrons. The molecule has 3 aromatic carbocycles. The Balaban J connectivity index is 1.46. The summed E-state index contributed by atoms with van der Waals surface area (Å²) in [6.45, 7) is 7.11. The number of oxime groups is 1. The minimum atomic E-state index is -1.52. The number of hydrogen-bond donors (Lipinski definition) is 3. The van der Waals surface area contributed by atoms with Crippen LogP contribution in [0.5, 0.6) is 23.0 Å². The summed E-state index contributed by atoms with van der Waals surface area (Å²) < 4.78 is 38.5. The summed E-state index contributed by atoms with van der Waals surface area (Å²) in [6.07, 6.45) is 20.2. The maximum atomic E-state index is 14.9. The van der Waals surface area contributed by atoms with E-state index in [4.69, 9.17) is 38.4 Å². The Morgan fingerprint density at radius 3 is 2.25 bits per heavy atom. The van der Waals surface area contributed by atoms with Gasteiger partial charge in [0.2, 0.25) is 5.79 Å². The summed E-state index contributed by atoms with van der Waals surface area (Å²) in [5.41, 5.74) is 3.72. The van der Waals surface area contributed by atoms with E-state index in [0.717, 1.165) is 74.4 Å². The number of aliphatic hydroxyl groups is 3. The van der Waals surface area contributed by atoms with Crippen molar-refractivity contribution in [2.45, 2.75) is 140 Å². The number of amides is 1. The van der Waals surface area contributed by atoms with Gasteiger partial charge in [0.15, 0.2) is 6.29 Å². The molecule has 3 aliphatic rings. The number of carbonyl (C=O) groups excluding carboxylic acids is 2. The topological polar surface area (TPSA) is 175 Å². The predicted molar refractivity (Wildman–Crippen MR) is 282 cm³/mol. The van der Waals surface area contributed by atoms with Gasteiger partial charge in [-0.3, -0.25) is 9.69 Å². The first-order valence-corrected chi connectivity index (χ1v) is 27.0. The Kier molecular flexibility index (Phi) is 24.1. The van der Waals surface area contributed by atoms with Gasteiger partial charge in [-0.15, -0.1) is 6.58 Å². The average molecular weight is 1010 g/mol. The van der Waals surface area contributed by atoms with Crippen molar-refractivity contribution in [1.29, 1.82) is 0 Å². The van der Waals surface area contributed by atoms with E-state index >= 15 is 0 Å². The van der Waals surface area contributed by atoms with Crippen LogP contribution in [0.3, 0.4) is 0 Å². The van der Waals surface area contributed by atoms with Gasteiger partial charge in [-0.1, -0.05) is 125 Å². The standard InChI is InChI=1S/C59H82N2O12/c1-4-6-7-8-9-10-11-12-13-21-35-69-58(66)61(30-36-68-37-33-64)55-41-52(60-71-43-44-22-15-14-16-23-44)50-39-45(24-17-19-31-62)49(25-18-20-32-63)56-51-40-48(72-47-26-28-53(67-3)46(38-47)42-65)27-29-54(51)73-59(55,57(50)56)70-34-5-2/h5,14-16,22-23,26-29,38-40,42,45,49,55-57,62-64H,2,4,6-13,17-21,24-25,30-37,41,43H2,1,3H3. The Bertz CT molecular complexity index is 2200. The first-order chi connectivity index (χ1) is 35.9. The number of allylic oxidation sites excluding steroid dienone is 1. The largest absolute Gasteiger partial charge is 0.496 e. The fourth-order valence-electron chi connectivity index (χ4n) is 11.0. The van der Waals surface area contributed by atoms with Crippen LogP contribution in [0.1, 0.15) is 143 Å². The number of aldehydes is 1. The second kappa shape index (κ2) is 30.8. The molecule has 2 aliphatic carbocycles. The highest BCUT2D eigenvalue weighted by Gasteiger charge is 2.65. The van der Waals surface area contributed by atoms with E-state index in [9.17, 15) is 24.9 Å². The van der Waals surface area contributed by atoms with Gasteiger partial charge in [-0.2, -0.15) is 0 Å². The van der Waals surface area contributed by atoms with Gasteiger partial charge < -0.3 is 48.6 Å². The maximum absolute atomic E-state index is 14.9. The van der Waals surface area contributed by atoms with Gasteiger partial charge in [0, 0.05) is 37.7 Å². The highest BCUT2D eigenvalue weighted by molar-refractivity contribution is 6.03. The second-order valence-electron chi connectivity index (χ2n) is 19.5. The van der Waals surface area contributed by atoms with Gasteiger partial charge in [-0.25, -0.2) is 4.79 Å². The number of unbranched alkanes of at least 4 members (excludes halogenated alkanes) is 11. The number of ether oxygens (including phenoxy) is 6. The van der Waals surface area contributed by atoms with E-state index < -0.39 is 23.8 Å². The van der Waals surface area contributed by atoms with E-state index in [2.05, 4.69) is 19.6 Å². The molecule has 1 saturated carbocycles. The molecule has 0 aromatic heterocycles. The first-order valence-electron chi connectivity index (χ1n) is 27.0. The second-order valence-corrected chi connectivity index (χ2v) is 19.5. The number of nitrogens with zero attached hydrogens (tertiary/aromatic N) is 2. The molecule has 73 heavy (non-hydrogen) atoms. The Labute approximate surface area is 433 Å². The number of rotatable bonds is 35. The molecule has 3 aromatic rings. The molecular weight excluding hydrogens is 929 g/mol. The third kappa shape index (κ3) is 15.6. The number of benzene rings is 3. The third-order valence-corrected chi connectivity index (χ3v) is 14.5. The van der Waals surface area contributed by atoms with Gasteiger partial charge in [0.05, 0.1) is 57.3 Å². The highest BCUT2D eigenvalue weighted by Crippen LogP contribution is 2.62. The van der Waals surface area contributed by atoms with Crippen LogP contribution < -0.4 is 14.2 Å². The third-order valence-electron chi connectivity index (χ3n) is 14.5. The van der Waals surface area contributed by atoms with E-state index in [-0.39, 0.29) is 83.6 Å². The normalized spacial score (nSPS) is 21.3. The van der Waals surface area contributed by atoms with Crippen molar-refractivity contribution in [3.05, 3.63) is 108 Å². The summed E-state index contributed by atoms with van der Waals surface area (Å²) in [5, 5.41) is 34.8. The van der Waals surface area contributed by atoms with Crippen molar-refractivity contribution in [3.8, 4) is 23.0 Å². The number of methoxy groups -OCH3 is 1. The summed E-state index contributed by atoms with van der Waals surface area (Å²) in [6, 6.07) is 19.8. The molecule has 0 saturated heterocycles. The Morgan fingerprint density at radius 1 is 0.836 bits per heavy atom. The SMILES string of the molecule is C=CCOC12Oc3ccc(Oc4ccc(OC)c(C=O)c4)cc3C3C(CCCCO)C(CCCCO)C=C(C(=NOCc4ccccc4)CC1N(CCOCCO)C(=O)OCCCCCCCCCCCC)C32. The van der Waals surface area contributed by atoms with Gasteiger partial charge >= 0.3 is 6.09 Å². The molecule has 1 heterocycles. The summed E-state index contributed by atoms with van der Waals surface area (Å²) in [7, 11) is 1.51. The van der Waals surface area contributed by atoms with Gasteiger partial charge in [0.1, 0.15) is 35.6 Å². The lowest BCUT2D eigenvalue weighted by Gasteiger charge is -2.59. The van der Waals surface area contributed by atoms with Crippen LogP contribution in [0.4, 0.5) is 4.79 Å². The van der Waals surface area contributed by atoms with Crippen LogP contribution >= 0.6 is 0 Å². The van der Waals surface area contributed by atoms with Gasteiger partial charge in [-0.05, 0) is 91.5 Å². The Hall–Kier alpha value is -5.25. The van der Waals surface area contributed by atoms with Crippen LogP contribution in [0.2, 0.25) is 0 Å². The zero-order valence-electron chi connectivity index (χ0n) is 43.5. The molecule has 14 nitrogen and oxygen atoms in total. The monoisotopic (exact) mass is 1010 g/mol. The number of aliphatic hydroxyl groups excluding tert-OH is 3. The van der Waals surface area contributed by atoms with Crippen molar-refractivity contribution >= 4 is 18.1 Å². The molecule has 0 bridgehead atoms. The minimum absolute atomic E-state index is 0.00995. The molecule has 6 unspecified atom stereocenters. The lowest BCUT2D eigenvalue weighted by atomic mass is 9.55. The van der Waals surface area contributed by atoms with Crippen LogP contribution in [-0.2, 0) is 25.7 Å². The lowest BCUT2D eigenvalue weighted by molar-refractivity contribution is -0.256. The van der Waals surface area contributed by atoms with Crippen LogP contribution in [0.15, 0.2) is 96.2 Å². The zero-order chi connectivity index (χ0) is 51.7. The number of carbonyl (C=O) groups is 2. The quantitative estimate of drug-likeness (QED) is 0.0220. The predicted octanol–water partition coefficient (Wildman–Crippen LogP) is 11.5. The first kappa shape index (κ1) is 57.0. The summed E-state index contributed by atoms with van der Waals surface area (Å²) in [5.74, 6) is -0.450. The van der Waals surface area contributed by atoms with E-state index in [0.29, 0.717) is 47.1 Å². The fraction of sp³-hybridized carbons (Fsp3) is 0.576. The van der Waals surface area contributed by atoms with E-state index in [1.807, 2.05) is 48.5 Å². The van der Waals surface area contributed by atoms with Gasteiger partial charge in [0.25, 0.3) is 0 Å². The number of hydrogen-bond acceptors (Lipinski definition) is 13. The van der Waals surface area contributed by atoms with E-state index in [1.165, 1.54) is 45.6 Å². The minimum Gasteiger partial charge on any atom is -0.496 e. The van der Waals surface area contributed by atoms with Crippen LogP contribution in [-0.4, -0.2) is 110 Å². The smallest absolute Gasteiger partial charge is 0.410 e. The highest BCUT2D eigenvalue weighted by atomic mass is 16.7. The zero-order valence-corrected chi connectivity index (χ0v) is 43.5. The van der Waals surface area contributed by atoms with Crippen molar-refractivity contribution in [1.82, 2.24) is 4.90 Å². The fourth-order valence-corrected chi connectivity index (χ4v) is 11.0. The number of fused-ring (bicyclic) bond motifs is 2. The van der Waals surface area contributed by atoms with Crippen molar-refractivity contribution in [2.24, 2.45) is 22.9 Å². The molecular formula is C59H82N2O12. The summed E-state index contributed by atoms with van der Waals surface area (Å²) >= 11 is 0. The molecule has 1 aliphatic heterocycles. The van der Waals surface area contributed by atoms with Crippen LogP contribution in [0, 0.1) is 17.8 Å². The molecule has 1 amide bonds.